The first-order valence-corrected chi connectivity index (χ1v) is 7.94. The Morgan fingerprint density at radius 2 is 2.16 bits per heavy atom. The maximum absolute atomic E-state index is 5.64. The van der Waals surface area contributed by atoms with Gasteiger partial charge >= 0.3 is 0 Å². The molecule has 3 N–H and O–H groups in total. The number of nitrogens with zero attached hydrogens (tertiary/aromatic N) is 1. The molecule has 0 bridgehead atoms. The van der Waals surface area contributed by atoms with Gasteiger partial charge in [0.1, 0.15) is 5.75 Å². The van der Waals surface area contributed by atoms with Gasteiger partial charge < -0.3 is 4.74 Å². The summed E-state index contributed by atoms with van der Waals surface area (Å²) in [5, 5.41) is 0. The molecule has 108 valence electrons. The van der Waals surface area contributed by atoms with Gasteiger partial charge in [-0.15, -0.1) is 0 Å². The molecule has 4 nitrogen and oxygen atoms in total. The van der Waals surface area contributed by atoms with Crippen LogP contribution in [0, 0.1) is 5.92 Å². The van der Waals surface area contributed by atoms with E-state index in [9.17, 15) is 0 Å². The number of aromatic nitrogens is 1. The predicted molar refractivity (Wildman–Crippen MR) is 82.3 cm³/mol. The fourth-order valence-electron chi connectivity index (χ4n) is 1.59. The molecule has 0 aromatic carbocycles. The smallest absolute Gasteiger partial charge is 0.137 e. The second-order valence-corrected chi connectivity index (χ2v) is 6.03. The lowest BCUT2D eigenvalue weighted by Crippen LogP contribution is -2.30. The van der Waals surface area contributed by atoms with Crippen LogP contribution in [0.3, 0.4) is 0 Å². The van der Waals surface area contributed by atoms with Gasteiger partial charge in [-0.05, 0) is 29.7 Å². The molecule has 0 fully saturated rings. The van der Waals surface area contributed by atoms with E-state index >= 15 is 0 Å². The lowest BCUT2D eigenvalue weighted by Gasteiger charge is -2.17. The molecule has 1 aromatic rings. The predicted octanol–water partition coefficient (Wildman–Crippen LogP) is 2.76. The number of thioether (sulfide) groups is 1. The summed E-state index contributed by atoms with van der Waals surface area (Å²) in [5.74, 6) is 9.22. The summed E-state index contributed by atoms with van der Waals surface area (Å²) in [5.41, 5.74) is 3.94. The fraction of sp³-hybridized carbons (Fsp3) is 0.643. The van der Waals surface area contributed by atoms with Crippen LogP contribution >= 0.6 is 11.8 Å². The van der Waals surface area contributed by atoms with E-state index < -0.39 is 0 Å². The molecule has 1 aromatic heterocycles. The minimum absolute atomic E-state index is 0.112. The summed E-state index contributed by atoms with van der Waals surface area (Å²) in [6.45, 7) is 7.25. The van der Waals surface area contributed by atoms with E-state index in [4.69, 9.17) is 10.6 Å². The number of nitrogens with two attached hydrogens (primary N) is 1. The van der Waals surface area contributed by atoms with Crippen LogP contribution in [0.1, 0.15) is 38.8 Å². The summed E-state index contributed by atoms with van der Waals surface area (Å²) in [4.78, 5) is 4.22. The van der Waals surface area contributed by atoms with E-state index in [-0.39, 0.29) is 6.04 Å². The summed E-state index contributed by atoms with van der Waals surface area (Å²) >= 11 is 1.90. The monoisotopic (exact) mass is 283 g/mol. The first-order valence-electron chi connectivity index (χ1n) is 6.79. The Bertz CT molecular complexity index is 360. The highest BCUT2D eigenvalue weighted by molar-refractivity contribution is 7.99. The Hall–Kier alpha value is -0.780. The summed E-state index contributed by atoms with van der Waals surface area (Å²) in [7, 11) is 0. The van der Waals surface area contributed by atoms with Crippen LogP contribution in [0.15, 0.2) is 18.5 Å². The number of pyridine rings is 1. The Balaban J connectivity index is 2.58. The minimum Gasteiger partial charge on any atom is -0.492 e. The van der Waals surface area contributed by atoms with Gasteiger partial charge in [0.25, 0.3) is 0 Å². The molecule has 0 saturated carbocycles. The highest BCUT2D eigenvalue weighted by atomic mass is 32.2. The average Bonchev–Trinajstić information content (AvgIpc) is 2.41. The fourth-order valence-corrected chi connectivity index (χ4v) is 2.72. The van der Waals surface area contributed by atoms with Crippen LogP contribution in [-0.2, 0) is 0 Å². The van der Waals surface area contributed by atoms with E-state index in [1.165, 1.54) is 0 Å². The van der Waals surface area contributed by atoms with Crippen molar-refractivity contribution < 1.29 is 4.74 Å². The van der Waals surface area contributed by atoms with Gasteiger partial charge in [0.15, 0.2) is 0 Å². The van der Waals surface area contributed by atoms with Crippen molar-refractivity contribution in [3.8, 4) is 5.75 Å². The van der Waals surface area contributed by atoms with Gasteiger partial charge in [0.05, 0.1) is 18.8 Å². The number of hydrogen-bond acceptors (Lipinski definition) is 5. The number of hydrazine groups is 1. The van der Waals surface area contributed by atoms with E-state index in [1.807, 2.05) is 24.0 Å². The minimum atomic E-state index is 0.112. The first-order chi connectivity index (χ1) is 9.17. The number of rotatable bonds is 9. The largest absolute Gasteiger partial charge is 0.492 e. The van der Waals surface area contributed by atoms with Gasteiger partial charge in [-0.3, -0.25) is 16.3 Å². The third-order valence-corrected chi connectivity index (χ3v) is 4.02. The van der Waals surface area contributed by atoms with Crippen LogP contribution in [0.25, 0.3) is 0 Å². The van der Waals surface area contributed by atoms with E-state index in [1.54, 1.807) is 6.20 Å². The third-order valence-electron chi connectivity index (χ3n) is 2.55. The van der Waals surface area contributed by atoms with Crippen LogP contribution < -0.4 is 16.0 Å². The van der Waals surface area contributed by atoms with Crippen molar-refractivity contribution in [2.75, 3.05) is 18.1 Å². The van der Waals surface area contributed by atoms with Crippen molar-refractivity contribution in [2.45, 2.75) is 33.2 Å². The van der Waals surface area contributed by atoms with Crippen LogP contribution in [0.4, 0.5) is 0 Å². The van der Waals surface area contributed by atoms with Gasteiger partial charge in [-0.2, -0.15) is 11.8 Å². The molecule has 1 unspecified atom stereocenters. The Morgan fingerprint density at radius 3 is 2.79 bits per heavy atom. The number of hydrogen-bond donors (Lipinski definition) is 2. The maximum Gasteiger partial charge on any atom is 0.137 e. The van der Waals surface area contributed by atoms with Crippen LogP contribution in [0.5, 0.6) is 5.75 Å². The molecule has 5 heteroatoms. The van der Waals surface area contributed by atoms with Crippen molar-refractivity contribution >= 4 is 11.8 Å². The summed E-state index contributed by atoms with van der Waals surface area (Å²) in [6.07, 6.45) is 4.58. The Labute approximate surface area is 120 Å². The molecule has 19 heavy (non-hydrogen) atoms. The molecular weight excluding hydrogens is 258 g/mol. The topological polar surface area (TPSA) is 60.2 Å². The molecule has 1 atom stereocenters. The zero-order valence-corrected chi connectivity index (χ0v) is 12.9. The molecule has 0 amide bonds. The molecular formula is C14H25N3OS. The highest BCUT2D eigenvalue weighted by Crippen LogP contribution is 2.22. The molecule has 1 rings (SSSR count). The maximum atomic E-state index is 5.64. The van der Waals surface area contributed by atoms with E-state index in [0.717, 1.165) is 29.2 Å². The zero-order chi connectivity index (χ0) is 14.1. The Kier molecular flexibility index (Phi) is 7.86. The van der Waals surface area contributed by atoms with Crippen molar-refractivity contribution in [3.05, 3.63) is 24.0 Å². The van der Waals surface area contributed by atoms with Crippen LogP contribution in [0.2, 0.25) is 0 Å². The second kappa shape index (κ2) is 9.18. The molecule has 0 aliphatic carbocycles. The normalized spacial score (nSPS) is 12.7. The quantitative estimate of drug-likeness (QED) is 0.539. The van der Waals surface area contributed by atoms with Gasteiger partial charge in [0, 0.05) is 11.9 Å². The standard InChI is InChI=1S/C14H25N3OS/c1-4-5-18-13-6-12(7-16-8-13)14(17-15)10-19-9-11(2)3/h6-8,11,14,17H,4-5,9-10,15H2,1-3H3. The molecule has 0 radical (unpaired) electrons. The second-order valence-electron chi connectivity index (χ2n) is 4.95. The SMILES string of the molecule is CCCOc1cncc(C(CSCC(C)C)NN)c1. The van der Waals surface area contributed by atoms with Crippen molar-refractivity contribution in [2.24, 2.45) is 11.8 Å². The summed E-state index contributed by atoms with van der Waals surface area (Å²) < 4.78 is 5.60. The van der Waals surface area contributed by atoms with E-state index in [0.29, 0.717) is 12.5 Å². The van der Waals surface area contributed by atoms with Crippen molar-refractivity contribution in [1.29, 1.82) is 0 Å². The van der Waals surface area contributed by atoms with Crippen molar-refractivity contribution in [1.82, 2.24) is 10.4 Å². The third kappa shape index (κ3) is 6.27. The highest BCUT2D eigenvalue weighted by Gasteiger charge is 2.11. The molecule has 0 saturated heterocycles. The van der Waals surface area contributed by atoms with Crippen LogP contribution in [-0.4, -0.2) is 23.1 Å². The lowest BCUT2D eigenvalue weighted by molar-refractivity contribution is 0.315. The molecule has 1 heterocycles. The van der Waals surface area contributed by atoms with Crippen molar-refractivity contribution in [3.63, 3.8) is 0 Å². The summed E-state index contributed by atoms with van der Waals surface area (Å²) in [6, 6.07) is 2.13. The average molecular weight is 283 g/mol. The van der Waals surface area contributed by atoms with Gasteiger partial charge in [-0.25, -0.2) is 0 Å². The number of nitrogens with one attached hydrogen (secondary N) is 1. The number of ether oxygens (including phenoxy) is 1. The lowest BCUT2D eigenvalue weighted by atomic mass is 10.1. The Morgan fingerprint density at radius 1 is 1.37 bits per heavy atom. The first kappa shape index (κ1) is 16.3. The van der Waals surface area contributed by atoms with E-state index in [2.05, 4.69) is 31.2 Å². The zero-order valence-electron chi connectivity index (χ0n) is 12.1. The molecule has 0 spiro atoms. The van der Waals surface area contributed by atoms with Gasteiger partial charge in [0.2, 0.25) is 0 Å². The molecule has 0 aliphatic rings. The molecule has 0 aliphatic heterocycles. The van der Waals surface area contributed by atoms with Gasteiger partial charge in [-0.1, -0.05) is 20.8 Å².